The zero-order valence-electron chi connectivity index (χ0n) is 12.4. The molecule has 2 aromatic carbocycles. The minimum Gasteiger partial charge on any atom is -0.506 e. The summed E-state index contributed by atoms with van der Waals surface area (Å²) in [7, 11) is 0. The second kappa shape index (κ2) is 6.59. The van der Waals surface area contributed by atoms with Gasteiger partial charge in [0.25, 0.3) is 5.91 Å². The van der Waals surface area contributed by atoms with Crippen molar-refractivity contribution in [1.82, 2.24) is 5.32 Å². The first-order chi connectivity index (χ1) is 11.6. The van der Waals surface area contributed by atoms with Crippen LogP contribution in [0.4, 0.5) is 11.4 Å². The largest absolute Gasteiger partial charge is 0.506 e. The first kappa shape index (κ1) is 15.8. The third-order valence-corrected chi connectivity index (χ3v) is 3.75. The maximum absolute atomic E-state index is 12.7. The van der Waals surface area contributed by atoms with Crippen LogP contribution in [-0.4, -0.2) is 28.2 Å². The van der Waals surface area contributed by atoms with Gasteiger partial charge in [0.1, 0.15) is 11.4 Å². The van der Waals surface area contributed by atoms with Gasteiger partial charge in [0.2, 0.25) is 5.91 Å². The fourth-order valence-electron chi connectivity index (χ4n) is 2.27. The van der Waals surface area contributed by atoms with E-state index in [0.29, 0.717) is 5.69 Å². The van der Waals surface area contributed by atoms with Crippen LogP contribution in [0.25, 0.3) is 0 Å². The first-order valence-corrected chi connectivity index (χ1v) is 7.55. The Labute approximate surface area is 143 Å². The molecule has 1 aliphatic heterocycles. The van der Waals surface area contributed by atoms with E-state index < -0.39 is 17.7 Å². The van der Waals surface area contributed by atoms with Crippen LogP contribution >= 0.6 is 12.2 Å². The van der Waals surface area contributed by atoms with Crippen LogP contribution in [0, 0.1) is 5.92 Å². The monoisotopic (exact) mass is 339 g/mol. The van der Waals surface area contributed by atoms with E-state index in [2.05, 4.69) is 10.3 Å². The van der Waals surface area contributed by atoms with Crippen molar-refractivity contribution in [3.63, 3.8) is 0 Å². The van der Waals surface area contributed by atoms with Crippen LogP contribution in [0.2, 0.25) is 0 Å². The number of carbonyl (C=O) groups excluding carboxylic acids is 2. The van der Waals surface area contributed by atoms with E-state index in [-0.39, 0.29) is 16.5 Å². The number of nitrogens with one attached hydrogen (secondary N) is 1. The summed E-state index contributed by atoms with van der Waals surface area (Å²) >= 11 is 5.10. The van der Waals surface area contributed by atoms with E-state index in [1.807, 2.05) is 6.07 Å². The lowest BCUT2D eigenvalue weighted by Crippen LogP contribution is -2.58. The lowest BCUT2D eigenvalue weighted by atomic mass is 10.1. The highest BCUT2D eigenvalue weighted by Crippen LogP contribution is 2.25. The number of phenols is 1. The SMILES string of the molecule is O=C1NC(=S)N(c2ccccc2)C(=O)[C@H]1C=Nc1ccccc1O. The number of benzene rings is 2. The lowest BCUT2D eigenvalue weighted by molar-refractivity contribution is -0.130. The molecule has 1 saturated heterocycles. The molecule has 1 aliphatic rings. The van der Waals surface area contributed by atoms with Gasteiger partial charge in [-0.3, -0.25) is 19.5 Å². The molecule has 7 heteroatoms. The van der Waals surface area contributed by atoms with Gasteiger partial charge in [-0.05, 0) is 36.5 Å². The van der Waals surface area contributed by atoms with E-state index >= 15 is 0 Å². The first-order valence-electron chi connectivity index (χ1n) is 7.14. The average Bonchev–Trinajstić information content (AvgIpc) is 2.57. The van der Waals surface area contributed by atoms with Crippen molar-refractivity contribution >= 4 is 46.7 Å². The summed E-state index contributed by atoms with van der Waals surface area (Å²) < 4.78 is 0. The molecule has 2 aromatic rings. The number of para-hydroxylation sites is 3. The Hall–Kier alpha value is -3.06. The predicted octanol–water partition coefficient (Wildman–Crippen LogP) is 2.16. The lowest BCUT2D eigenvalue weighted by Gasteiger charge is -2.30. The van der Waals surface area contributed by atoms with Crippen molar-refractivity contribution in [1.29, 1.82) is 0 Å². The molecule has 2 N–H and O–H groups in total. The summed E-state index contributed by atoms with van der Waals surface area (Å²) in [5, 5.41) is 12.2. The van der Waals surface area contributed by atoms with Gasteiger partial charge in [0.05, 0.1) is 5.69 Å². The van der Waals surface area contributed by atoms with Gasteiger partial charge in [-0.25, -0.2) is 0 Å². The van der Waals surface area contributed by atoms with Crippen LogP contribution in [0.3, 0.4) is 0 Å². The van der Waals surface area contributed by atoms with Crippen LogP contribution in [-0.2, 0) is 9.59 Å². The number of anilines is 1. The minimum absolute atomic E-state index is 0.0309. The molecule has 0 bridgehead atoms. The molecule has 1 heterocycles. The molecule has 0 spiro atoms. The summed E-state index contributed by atoms with van der Waals surface area (Å²) in [6.45, 7) is 0. The Morgan fingerprint density at radius 1 is 1.08 bits per heavy atom. The van der Waals surface area contributed by atoms with Crippen LogP contribution in [0.15, 0.2) is 59.6 Å². The number of thiocarbonyl (C=S) groups is 1. The zero-order chi connectivity index (χ0) is 17.1. The summed E-state index contributed by atoms with van der Waals surface area (Å²) in [6, 6.07) is 15.2. The van der Waals surface area contributed by atoms with E-state index in [9.17, 15) is 14.7 Å². The number of aliphatic imine (C=N–C) groups is 1. The van der Waals surface area contributed by atoms with Crippen molar-refractivity contribution in [2.45, 2.75) is 0 Å². The molecular formula is C17H13N3O3S. The summed E-state index contributed by atoms with van der Waals surface area (Å²) in [5.41, 5.74) is 0.839. The molecule has 6 nitrogen and oxygen atoms in total. The maximum Gasteiger partial charge on any atom is 0.251 e. The second-order valence-electron chi connectivity index (χ2n) is 5.05. The zero-order valence-corrected chi connectivity index (χ0v) is 13.2. The summed E-state index contributed by atoms with van der Waals surface area (Å²) in [4.78, 5) is 30.1. The maximum atomic E-state index is 12.7. The van der Waals surface area contributed by atoms with Gasteiger partial charge in [-0.1, -0.05) is 30.3 Å². The molecule has 24 heavy (non-hydrogen) atoms. The van der Waals surface area contributed by atoms with E-state index in [4.69, 9.17) is 12.2 Å². The number of hydrogen-bond acceptors (Lipinski definition) is 5. The molecule has 0 aliphatic carbocycles. The van der Waals surface area contributed by atoms with Crippen LogP contribution in [0.5, 0.6) is 5.75 Å². The number of amides is 2. The second-order valence-corrected chi connectivity index (χ2v) is 5.43. The number of rotatable bonds is 3. The Kier molecular flexibility index (Phi) is 4.35. The average molecular weight is 339 g/mol. The molecule has 120 valence electrons. The summed E-state index contributed by atoms with van der Waals surface area (Å²) in [6.07, 6.45) is 1.21. The van der Waals surface area contributed by atoms with Gasteiger partial charge in [0.15, 0.2) is 11.0 Å². The molecule has 2 amide bonds. The van der Waals surface area contributed by atoms with Gasteiger partial charge in [-0.15, -0.1) is 0 Å². The fraction of sp³-hybridized carbons (Fsp3) is 0.0588. The Bertz CT molecular complexity index is 836. The fourth-order valence-corrected chi connectivity index (χ4v) is 2.57. The Balaban J connectivity index is 1.90. The number of phenolic OH excluding ortho intramolecular Hbond substituents is 1. The van der Waals surface area contributed by atoms with Crippen molar-refractivity contribution in [2.75, 3.05) is 4.90 Å². The summed E-state index contributed by atoms with van der Waals surface area (Å²) in [5.74, 6) is -2.20. The van der Waals surface area contributed by atoms with Crippen molar-refractivity contribution in [3.8, 4) is 5.75 Å². The molecule has 3 rings (SSSR count). The minimum atomic E-state index is -1.13. The molecule has 1 atom stereocenters. The topological polar surface area (TPSA) is 82.0 Å². The highest BCUT2D eigenvalue weighted by Gasteiger charge is 2.38. The predicted molar refractivity (Wildman–Crippen MR) is 94.4 cm³/mol. The van der Waals surface area contributed by atoms with Crippen LogP contribution in [0.1, 0.15) is 0 Å². The van der Waals surface area contributed by atoms with Crippen molar-refractivity contribution in [3.05, 3.63) is 54.6 Å². The molecule has 1 fully saturated rings. The third-order valence-electron chi connectivity index (χ3n) is 3.46. The molecule has 0 saturated carbocycles. The quantitative estimate of drug-likeness (QED) is 0.510. The van der Waals surface area contributed by atoms with Crippen molar-refractivity contribution in [2.24, 2.45) is 10.9 Å². The molecular weight excluding hydrogens is 326 g/mol. The molecule has 0 aromatic heterocycles. The van der Waals surface area contributed by atoms with Crippen LogP contribution < -0.4 is 10.2 Å². The normalized spacial score (nSPS) is 18.1. The number of carbonyl (C=O) groups is 2. The van der Waals surface area contributed by atoms with E-state index in [0.717, 1.165) is 0 Å². The van der Waals surface area contributed by atoms with Gasteiger partial charge in [0, 0.05) is 6.21 Å². The number of nitrogens with zero attached hydrogens (tertiary/aromatic N) is 2. The number of aromatic hydroxyl groups is 1. The van der Waals surface area contributed by atoms with E-state index in [1.165, 1.54) is 17.2 Å². The third kappa shape index (κ3) is 3.02. The number of hydrogen-bond donors (Lipinski definition) is 2. The standard InChI is InChI=1S/C17H13N3O3S/c21-14-9-5-4-8-13(14)18-10-12-15(22)19-17(24)20(16(12)23)11-6-2-1-3-7-11/h1-10,12,21H,(H,19,22,24)/t12-/m0/s1. The Morgan fingerprint density at radius 3 is 2.46 bits per heavy atom. The highest BCUT2D eigenvalue weighted by molar-refractivity contribution is 7.80. The Morgan fingerprint density at radius 2 is 1.75 bits per heavy atom. The van der Waals surface area contributed by atoms with Gasteiger partial charge >= 0.3 is 0 Å². The van der Waals surface area contributed by atoms with E-state index in [1.54, 1.807) is 42.5 Å². The molecule has 0 unspecified atom stereocenters. The molecule has 0 radical (unpaired) electrons. The highest BCUT2D eigenvalue weighted by atomic mass is 32.1. The van der Waals surface area contributed by atoms with Gasteiger partial charge < -0.3 is 10.4 Å². The van der Waals surface area contributed by atoms with Crippen molar-refractivity contribution < 1.29 is 14.7 Å². The van der Waals surface area contributed by atoms with Gasteiger partial charge in [-0.2, -0.15) is 0 Å². The smallest absolute Gasteiger partial charge is 0.251 e.